The number of carbonyl (C=O) groups is 5. The van der Waals surface area contributed by atoms with Crippen LogP contribution in [0.4, 0.5) is 4.79 Å². The molecule has 0 spiro atoms. The third-order valence-corrected chi connectivity index (χ3v) is 4.10. The largest absolute Gasteiger partial charge is 0.452 e. The predicted molar refractivity (Wildman–Crippen MR) is 98.7 cm³/mol. The summed E-state index contributed by atoms with van der Waals surface area (Å²) in [5, 5.41) is 4.58. The van der Waals surface area contributed by atoms with E-state index in [1.807, 2.05) is 12.2 Å². The first-order chi connectivity index (χ1) is 13.3. The lowest BCUT2D eigenvalue weighted by Gasteiger charge is -2.11. The van der Waals surface area contributed by atoms with E-state index >= 15 is 0 Å². The van der Waals surface area contributed by atoms with Gasteiger partial charge in [0.1, 0.15) is 0 Å². The van der Waals surface area contributed by atoms with Crippen molar-refractivity contribution < 1.29 is 28.7 Å². The molecule has 1 aromatic carbocycles. The highest BCUT2D eigenvalue weighted by atomic mass is 16.5. The molecule has 1 heterocycles. The Morgan fingerprint density at radius 3 is 2.54 bits per heavy atom. The fraction of sp³-hybridized carbons (Fsp3) is 0.316. The van der Waals surface area contributed by atoms with Crippen molar-refractivity contribution in [1.82, 2.24) is 15.5 Å². The zero-order chi connectivity index (χ0) is 20.8. The summed E-state index contributed by atoms with van der Waals surface area (Å²) in [5.41, 5.74) is 0.277. The molecule has 1 aromatic rings. The van der Waals surface area contributed by atoms with Crippen molar-refractivity contribution in [3.63, 3.8) is 0 Å². The summed E-state index contributed by atoms with van der Waals surface area (Å²) in [7, 11) is 0. The van der Waals surface area contributed by atoms with Gasteiger partial charge in [-0.25, -0.2) is 9.59 Å². The quantitative estimate of drug-likeness (QED) is 0.412. The van der Waals surface area contributed by atoms with E-state index in [4.69, 9.17) is 4.74 Å². The second-order valence-electron chi connectivity index (χ2n) is 6.18. The van der Waals surface area contributed by atoms with E-state index in [1.54, 1.807) is 6.92 Å². The molecule has 0 saturated carbocycles. The molecule has 0 aliphatic carbocycles. The number of nitrogens with zero attached hydrogens (tertiary/aromatic N) is 1. The van der Waals surface area contributed by atoms with Crippen LogP contribution in [0.3, 0.4) is 0 Å². The van der Waals surface area contributed by atoms with Gasteiger partial charge in [-0.15, -0.1) is 6.58 Å². The van der Waals surface area contributed by atoms with E-state index in [-0.39, 0.29) is 29.3 Å². The highest BCUT2D eigenvalue weighted by Crippen LogP contribution is 2.24. The van der Waals surface area contributed by atoms with Crippen LogP contribution in [0, 0.1) is 0 Å². The maximum Gasteiger partial charge on any atom is 0.338 e. The topological polar surface area (TPSA) is 122 Å². The Kier molecular flexibility index (Phi) is 6.64. The lowest BCUT2D eigenvalue weighted by molar-refractivity contribution is -0.123. The van der Waals surface area contributed by atoms with Crippen LogP contribution in [-0.2, 0) is 9.53 Å². The van der Waals surface area contributed by atoms with Crippen molar-refractivity contribution in [1.29, 1.82) is 0 Å². The molecule has 0 saturated heterocycles. The summed E-state index contributed by atoms with van der Waals surface area (Å²) >= 11 is 0. The molecule has 1 atom stereocenters. The lowest BCUT2D eigenvalue weighted by Crippen LogP contribution is -2.44. The molecule has 0 aromatic heterocycles. The van der Waals surface area contributed by atoms with Crippen LogP contribution in [0.1, 0.15) is 51.3 Å². The zero-order valence-corrected chi connectivity index (χ0v) is 15.6. The van der Waals surface area contributed by atoms with E-state index < -0.39 is 36.3 Å². The van der Waals surface area contributed by atoms with Gasteiger partial charge in [0.2, 0.25) is 0 Å². The standard InChI is InChI=1S/C19H21N3O6/c1-4-8-22-16(24)13-7-6-12(9-14(13)17(22)25)18(26)28-10-15(23)21-19(27)20-11(3)5-2/h4,6-7,9,11H,1,5,8,10H2,2-3H3,(H2,20,21,23,27)/t11-/m0/s1. The van der Waals surface area contributed by atoms with Gasteiger partial charge < -0.3 is 10.1 Å². The zero-order valence-electron chi connectivity index (χ0n) is 15.6. The van der Waals surface area contributed by atoms with E-state index in [1.165, 1.54) is 24.3 Å². The van der Waals surface area contributed by atoms with Gasteiger partial charge in [0.15, 0.2) is 6.61 Å². The summed E-state index contributed by atoms with van der Waals surface area (Å²) in [6.07, 6.45) is 2.12. The van der Waals surface area contributed by atoms with Gasteiger partial charge in [-0.2, -0.15) is 0 Å². The Morgan fingerprint density at radius 1 is 1.21 bits per heavy atom. The first-order valence-electron chi connectivity index (χ1n) is 8.67. The van der Waals surface area contributed by atoms with Gasteiger partial charge in [-0.3, -0.25) is 24.6 Å². The fourth-order valence-electron chi connectivity index (χ4n) is 2.45. The second-order valence-corrected chi connectivity index (χ2v) is 6.18. The molecule has 0 bridgehead atoms. The molecular weight excluding hydrogens is 366 g/mol. The average molecular weight is 387 g/mol. The number of ether oxygens (including phenoxy) is 1. The second kappa shape index (κ2) is 8.94. The van der Waals surface area contributed by atoms with Gasteiger partial charge in [-0.05, 0) is 31.5 Å². The molecule has 28 heavy (non-hydrogen) atoms. The van der Waals surface area contributed by atoms with Crippen LogP contribution in [-0.4, -0.2) is 53.8 Å². The number of hydrogen-bond donors (Lipinski definition) is 2. The SMILES string of the molecule is C=CCN1C(=O)c2ccc(C(=O)OCC(=O)NC(=O)N[C@@H](C)CC)cc2C1=O. The van der Waals surface area contributed by atoms with Gasteiger partial charge in [0.25, 0.3) is 17.7 Å². The Hall–Kier alpha value is -3.49. The minimum atomic E-state index is -0.859. The number of amides is 5. The summed E-state index contributed by atoms with van der Waals surface area (Å²) < 4.78 is 4.86. The maximum absolute atomic E-state index is 12.3. The fourth-order valence-corrected chi connectivity index (χ4v) is 2.45. The van der Waals surface area contributed by atoms with Gasteiger partial charge in [-0.1, -0.05) is 13.0 Å². The van der Waals surface area contributed by atoms with Crippen LogP contribution < -0.4 is 10.6 Å². The average Bonchev–Trinajstić information content (AvgIpc) is 2.90. The predicted octanol–water partition coefficient (Wildman–Crippen LogP) is 1.25. The van der Waals surface area contributed by atoms with Crippen molar-refractivity contribution in [2.45, 2.75) is 26.3 Å². The number of nitrogens with one attached hydrogen (secondary N) is 2. The third-order valence-electron chi connectivity index (χ3n) is 4.10. The number of fused-ring (bicyclic) bond motifs is 1. The number of hydrogen-bond acceptors (Lipinski definition) is 6. The normalized spacial score (nSPS) is 13.6. The van der Waals surface area contributed by atoms with E-state index in [0.717, 1.165) is 4.90 Å². The highest BCUT2D eigenvalue weighted by molar-refractivity contribution is 6.22. The third kappa shape index (κ3) is 4.61. The monoisotopic (exact) mass is 387 g/mol. The molecule has 148 valence electrons. The molecule has 2 N–H and O–H groups in total. The molecule has 1 aliphatic rings. The van der Waals surface area contributed by atoms with E-state index in [9.17, 15) is 24.0 Å². The van der Waals surface area contributed by atoms with Crippen LogP contribution in [0.5, 0.6) is 0 Å². The molecule has 2 rings (SSSR count). The molecule has 0 radical (unpaired) electrons. The van der Waals surface area contributed by atoms with Crippen LogP contribution in [0.15, 0.2) is 30.9 Å². The smallest absolute Gasteiger partial charge is 0.338 e. The van der Waals surface area contributed by atoms with E-state index in [2.05, 4.69) is 11.9 Å². The van der Waals surface area contributed by atoms with Gasteiger partial charge in [0.05, 0.1) is 16.7 Å². The van der Waals surface area contributed by atoms with Gasteiger partial charge >= 0.3 is 12.0 Å². The molecule has 9 heteroatoms. The first-order valence-corrected chi connectivity index (χ1v) is 8.67. The molecule has 1 aliphatic heterocycles. The highest BCUT2D eigenvalue weighted by Gasteiger charge is 2.35. The number of benzene rings is 1. The summed E-state index contributed by atoms with van der Waals surface area (Å²) in [6.45, 7) is 6.54. The maximum atomic E-state index is 12.3. The number of urea groups is 1. The van der Waals surface area contributed by atoms with Crippen LogP contribution in [0.2, 0.25) is 0 Å². The Labute approximate surface area is 161 Å². The minimum absolute atomic E-state index is 0.0113. The van der Waals surface area contributed by atoms with Crippen molar-refractivity contribution in [2.75, 3.05) is 13.2 Å². The van der Waals surface area contributed by atoms with Crippen molar-refractivity contribution >= 4 is 29.7 Å². The molecule has 9 nitrogen and oxygen atoms in total. The first kappa shape index (κ1) is 20.8. The molecular formula is C19H21N3O6. The van der Waals surface area contributed by atoms with Crippen LogP contribution in [0.25, 0.3) is 0 Å². The Bertz CT molecular complexity index is 848. The summed E-state index contributed by atoms with van der Waals surface area (Å²) in [4.78, 5) is 60.8. The van der Waals surface area contributed by atoms with Crippen molar-refractivity contribution in [3.05, 3.63) is 47.5 Å². The number of esters is 1. The molecule has 0 unspecified atom stereocenters. The van der Waals surface area contributed by atoms with Crippen molar-refractivity contribution in [3.8, 4) is 0 Å². The van der Waals surface area contributed by atoms with E-state index in [0.29, 0.717) is 6.42 Å². The Morgan fingerprint density at radius 2 is 1.89 bits per heavy atom. The minimum Gasteiger partial charge on any atom is -0.452 e. The molecule has 0 fully saturated rings. The van der Waals surface area contributed by atoms with Crippen molar-refractivity contribution in [2.24, 2.45) is 0 Å². The lowest BCUT2D eigenvalue weighted by atomic mass is 10.1. The Balaban J connectivity index is 1.97. The summed E-state index contributed by atoms with van der Waals surface area (Å²) in [6, 6.07) is 3.14. The van der Waals surface area contributed by atoms with Crippen LogP contribution >= 0.6 is 0 Å². The van der Waals surface area contributed by atoms with Gasteiger partial charge in [0, 0.05) is 12.6 Å². The number of imide groups is 2. The number of carbonyl (C=O) groups excluding carboxylic acids is 5. The molecule has 5 amide bonds. The summed E-state index contributed by atoms with van der Waals surface area (Å²) in [5.74, 6) is -2.65. The number of rotatable bonds is 7.